The Balaban J connectivity index is 2.23. The highest BCUT2D eigenvalue weighted by molar-refractivity contribution is 14.1. The van der Waals surface area contributed by atoms with Crippen molar-refractivity contribution in [3.05, 3.63) is 0 Å². The average Bonchev–Trinajstić information content (AvgIpc) is 1.90. The van der Waals surface area contributed by atoms with Crippen LogP contribution >= 0.6 is 22.6 Å². The van der Waals surface area contributed by atoms with Crippen LogP contribution in [0.2, 0.25) is 0 Å². The minimum absolute atomic E-state index is 0.739. The molecule has 1 nitrogen and oxygen atoms in total. The normalized spacial score (nSPS) is 26.0. The molecule has 54 valence electrons. The van der Waals surface area contributed by atoms with Gasteiger partial charge in [-0.3, -0.25) is 4.90 Å². The van der Waals surface area contributed by atoms with Crippen LogP contribution in [0.15, 0.2) is 0 Å². The van der Waals surface area contributed by atoms with Crippen LogP contribution in [0, 0.1) is 0 Å². The highest BCUT2D eigenvalue weighted by Gasteiger charge is 2.12. The maximum Gasteiger partial charge on any atom is 0.0589 e. The molecular weight excluding hydrogens is 225 g/mol. The van der Waals surface area contributed by atoms with Gasteiger partial charge in [-0.25, -0.2) is 0 Å². The van der Waals surface area contributed by atoms with Gasteiger partial charge in [-0.05, 0) is 32.9 Å². The van der Waals surface area contributed by atoms with Gasteiger partial charge in [0.15, 0.2) is 0 Å². The smallest absolute Gasteiger partial charge is 0.0589 e. The van der Waals surface area contributed by atoms with Gasteiger partial charge in [-0.15, -0.1) is 0 Å². The first-order valence-electron chi connectivity index (χ1n) is 3.69. The number of piperidine rings is 1. The second-order valence-electron chi connectivity index (χ2n) is 2.67. The van der Waals surface area contributed by atoms with Gasteiger partial charge in [0, 0.05) is 0 Å². The standard InChI is InChI=1S/C7H14IN/c1-7(8)9-5-3-2-4-6-9/h7H,2-6H2,1H3. The molecule has 0 N–H and O–H groups in total. The van der Waals surface area contributed by atoms with Crippen LogP contribution < -0.4 is 0 Å². The number of rotatable bonds is 1. The van der Waals surface area contributed by atoms with Crippen LogP contribution in [-0.4, -0.2) is 22.0 Å². The molecule has 1 heterocycles. The number of nitrogens with zero attached hydrogens (tertiary/aromatic N) is 1. The molecule has 0 aromatic rings. The predicted octanol–water partition coefficient (Wildman–Crippen LogP) is 2.25. The molecule has 9 heavy (non-hydrogen) atoms. The first-order chi connectivity index (χ1) is 4.30. The zero-order valence-corrected chi connectivity index (χ0v) is 8.10. The minimum atomic E-state index is 0.739. The summed E-state index contributed by atoms with van der Waals surface area (Å²) in [6, 6.07) is 0. The summed E-state index contributed by atoms with van der Waals surface area (Å²) in [5, 5.41) is 0. The Bertz CT molecular complexity index is 77.0. The van der Waals surface area contributed by atoms with Crippen molar-refractivity contribution in [2.45, 2.75) is 30.2 Å². The molecule has 1 saturated heterocycles. The van der Waals surface area contributed by atoms with Crippen LogP contribution in [0.5, 0.6) is 0 Å². The fourth-order valence-electron chi connectivity index (χ4n) is 1.27. The van der Waals surface area contributed by atoms with Crippen LogP contribution in [0.1, 0.15) is 26.2 Å². The van der Waals surface area contributed by atoms with E-state index < -0.39 is 0 Å². The molecule has 0 radical (unpaired) electrons. The minimum Gasteiger partial charge on any atom is -0.292 e. The molecule has 0 aromatic heterocycles. The summed E-state index contributed by atoms with van der Waals surface area (Å²) < 4.78 is 0.739. The zero-order chi connectivity index (χ0) is 6.69. The third kappa shape index (κ3) is 2.42. The van der Waals surface area contributed by atoms with Crippen molar-refractivity contribution in [3.8, 4) is 0 Å². The molecule has 0 spiro atoms. The molecule has 1 aliphatic heterocycles. The quantitative estimate of drug-likeness (QED) is 0.385. The zero-order valence-electron chi connectivity index (χ0n) is 5.94. The lowest BCUT2D eigenvalue weighted by Crippen LogP contribution is -2.33. The molecule has 1 fully saturated rings. The van der Waals surface area contributed by atoms with E-state index in [1.54, 1.807) is 0 Å². The van der Waals surface area contributed by atoms with Gasteiger partial charge in [-0.2, -0.15) is 0 Å². The van der Waals surface area contributed by atoms with Gasteiger partial charge in [-0.1, -0.05) is 29.0 Å². The van der Waals surface area contributed by atoms with Gasteiger partial charge >= 0.3 is 0 Å². The summed E-state index contributed by atoms with van der Waals surface area (Å²) in [5.74, 6) is 0. The number of hydrogen-bond acceptors (Lipinski definition) is 1. The van der Waals surface area contributed by atoms with Gasteiger partial charge < -0.3 is 0 Å². The summed E-state index contributed by atoms with van der Waals surface area (Å²) in [4.78, 5) is 2.55. The van der Waals surface area contributed by atoms with Crippen LogP contribution in [0.3, 0.4) is 0 Å². The molecule has 0 bridgehead atoms. The highest BCUT2D eigenvalue weighted by atomic mass is 127. The SMILES string of the molecule is CC(I)N1CCCCC1. The molecule has 1 unspecified atom stereocenters. The van der Waals surface area contributed by atoms with Crippen molar-refractivity contribution < 1.29 is 0 Å². The predicted molar refractivity (Wildman–Crippen MR) is 48.9 cm³/mol. The van der Waals surface area contributed by atoms with E-state index in [1.165, 1.54) is 32.4 Å². The van der Waals surface area contributed by atoms with Crippen LogP contribution in [-0.2, 0) is 0 Å². The Morgan fingerprint density at radius 2 is 1.78 bits per heavy atom. The van der Waals surface area contributed by atoms with Gasteiger partial charge in [0.1, 0.15) is 0 Å². The summed E-state index contributed by atoms with van der Waals surface area (Å²) >= 11 is 2.49. The lowest BCUT2D eigenvalue weighted by molar-refractivity contribution is 0.230. The van der Waals surface area contributed by atoms with E-state index in [2.05, 4.69) is 34.4 Å². The molecule has 0 saturated carbocycles. The largest absolute Gasteiger partial charge is 0.292 e. The molecule has 1 rings (SSSR count). The van der Waals surface area contributed by atoms with Crippen molar-refractivity contribution >= 4 is 22.6 Å². The molecule has 0 amide bonds. The maximum atomic E-state index is 2.55. The van der Waals surface area contributed by atoms with Gasteiger partial charge in [0.25, 0.3) is 0 Å². The van der Waals surface area contributed by atoms with E-state index >= 15 is 0 Å². The first kappa shape index (κ1) is 7.79. The van der Waals surface area contributed by atoms with Crippen LogP contribution in [0.25, 0.3) is 0 Å². The third-order valence-electron chi connectivity index (χ3n) is 1.89. The molecule has 0 aliphatic carbocycles. The average molecular weight is 239 g/mol. The lowest BCUT2D eigenvalue weighted by atomic mass is 10.1. The van der Waals surface area contributed by atoms with E-state index in [0.717, 1.165) is 4.05 Å². The summed E-state index contributed by atoms with van der Waals surface area (Å²) in [5.41, 5.74) is 0. The number of hydrogen-bond donors (Lipinski definition) is 0. The molecule has 1 aliphatic rings. The van der Waals surface area contributed by atoms with Gasteiger partial charge in [0.2, 0.25) is 0 Å². The number of likely N-dealkylation sites (tertiary alicyclic amines) is 1. The Hall–Kier alpha value is 0.690. The Kier molecular flexibility index (Phi) is 3.26. The van der Waals surface area contributed by atoms with E-state index in [-0.39, 0.29) is 0 Å². The Morgan fingerprint density at radius 3 is 2.11 bits per heavy atom. The number of alkyl halides is 1. The van der Waals surface area contributed by atoms with Crippen molar-refractivity contribution in [2.24, 2.45) is 0 Å². The summed E-state index contributed by atoms with van der Waals surface area (Å²) in [6.45, 7) is 4.92. The Morgan fingerprint density at radius 1 is 1.22 bits per heavy atom. The fraction of sp³-hybridized carbons (Fsp3) is 1.00. The van der Waals surface area contributed by atoms with E-state index in [9.17, 15) is 0 Å². The summed E-state index contributed by atoms with van der Waals surface area (Å²) in [6.07, 6.45) is 4.26. The maximum absolute atomic E-state index is 2.55. The van der Waals surface area contributed by atoms with E-state index in [4.69, 9.17) is 0 Å². The summed E-state index contributed by atoms with van der Waals surface area (Å²) in [7, 11) is 0. The third-order valence-corrected chi connectivity index (χ3v) is 2.68. The van der Waals surface area contributed by atoms with Crippen molar-refractivity contribution in [2.75, 3.05) is 13.1 Å². The fourth-order valence-corrected chi connectivity index (χ4v) is 1.83. The van der Waals surface area contributed by atoms with E-state index in [0.29, 0.717) is 0 Å². The van der Waals surface area contributed by atoms with Crippen molar-refractivity contribution in [1.82, 2.24) is 4.90 Å². The Labute approximate surface area is 70.9 Å². The second-order valence-corrected chi connectivity index (χ2v) is 4.47. The molecule has 2 heteroatoms. The second kappa shape index (κ2) is 3.76. The molecule has 0 aromatic carbocycles. The molecule has 1 atom stereocenters. The van der Waals surface area contributed by atoms with Crippen molar-refractivity contribution in [3.63, 3.8) is 0 Å². The topological polar surface area (TPSA) is 3.24 Å². The number of halogens is 1. The first-order valence-corrected chi connectivity index (χ1v) is 4.93. The van der Waals surface area contributed by atoms with Crippen LogP contribution in [0.4, 0.5) is 0 Å². The lowest BCUT2D eigenvalue weighted by Gasteiger charge is -2.28. The monoisotopic (exact) mass is 239 g/mol. The van der Waals surface area contributed by atoms with Gasteiger partial charge in [0.05, 0.1) is 4.05 Å². The van der Waals surface area contributed by atoms with Crippen molar-refractivity contribution in [1.29, 1.82) is 0 Å². The van der Waals surface area contributed by atoms with E-state index in [1.807, 2.05) is 0 Å². The molecular formula is C7H14IN. The highest BCUT2D eigenvalue weighted by Crippen LogP contribution is 2.14.